The second-order valence-corrected chi connectivity index (χ2v) is 5.06. The minimum absolute atomic E-state index is 0.0383. The number of carbonyl (C=O) groups excluding carboxylic acids is 1. The van der Waals surface area contributed by atoms with Crippen LogP contribution in [0.1, 0.15) is 26.5 Å². The summed E-state index contributed by atoms with van der Waals surface area (Å²) in [5, 5.41) is 0. The standard InChI is InChI=1S/C11H19N3O2/c1-11(2,3)6-16-10(15)9(12)4-8-5-13-7-14-8/h5,7,9H,4,6,12H2,1-3H3,(H,13,14). The van der Waals surface area contributed by atoms with E-state index in [1.54, 1.807) is 12.5 Å². The SMILES string of the molecule is CC(C)(C)COC(=O)C(N)Cc1cnc[nH]1. The number of hydrogen-bond acceptors (Lipinski definition) is 4. The third kappa shape index (κ3) is 4.44. The van der Waals surface area contributed by atoms with E-state index in [0.29, 0.717) is 13.0 Å². The Bertz CT molecular complexity index is 327. The normalized spacial score (nSPS) is 13.5. The van der Waals surface area contributed by atoms with Crippen LogP contribution in [0.25, 0.3) is 0 Å². The number of esters is 1. The molecule has 1 aromatic heterocycles. The zero-order chi connectivity index (χ0) is 12.2. The van der Waals surface area contributed by atoms with E-state index in [0.717, 1.165) is 5.69 Å². The van der Waals surface area contributed by atoms with Crippen molar-refractivity contribution in [3.05, 3.63) is 18.2 Å². The number of imidazole rings is 1. The van der Waals surface area contributed by atoms with E-state index in [1.165, 1.54) is 0 Å². The third-order valence-electron chi connectivity index (χ3n) is 1.94. The molecule has 0 aliphatic carbocycles. The number of nitrogens with two attached hydrogens (primary N) is 1. The van der Waals surface area contributed by atoms with Crippen LogP contribution in [0, 0.1) is 5.41 Å². The first-order valence-electron chi connectivity index (χ1n) is 5.28. The topological polar surface area (TPSA) is 81.0 Å². The van der Waals surface area contributed by atoms with Crippen LogP contribution in [0.4, 0.5) is 0 Å². The molecule has 1 unspecified atom stereocenters. The molecular formula is C11H19N3O2. The lowest BCUT2D eigenvalue weighted by Crippen LogP contribution is -2.36. The lowest BCUT2D eigenvalue weighted by molar-refractivity contribution is -0.147. The summed E-state index contributed by atoms with van der Waals surface area (Å²) in [6.07, 6.45) is 3.63. The molecule has 90 valence electrons. The molecule has 0 bridgehead atoms. The Balaban J connectivity index is 2.37. The fourth-order valence-corrected chi connectivity index (χ4v) is 1.11. The fourth-order valence-electron chi connectivity index (χ4n) is 1.11. The molecule has 0 amide bonds. The number of ether oxygens (including phenoxy) is 1. The van der Waals surface area contributed by atoms with Gasteiger partial charge < -0.3 is 15.5 Å². The minimum atomic E-state index is -0.636. The van der Waals surface area contributed by atoms with Gasteiger partial charge in [-0.1, -0.05) is 20.8 Å². The average Bonchev–Trinajstić information content (AvgIpc) is 2.65. The van der Waals surface area contributed by atoms with Crippen molar-refractivity contribution in [2.45, 2.75) is 33.2 Å². The molecule has 0 saturated carbocycles. The quantitative estimate of drug-likeness (QED) is 0.745. The van der Waals surface area contributed by atoms with Crippen molar-refractivity contribution in [2.75, 3.05) is 6.61 Å². The molecule has 0 aliphatic rings. The molecule has 1 atom stereocenters. The summed E-state index contributed by atoms with van der Waals surface area (Å²) in [7, 11) is 0. The molecule has 1 aromatic rings. The number of aromatic amines is 1. The van der Waals surface area contributed by atoms with Crippen LogP contribution in [-0.4, -0.2) is 28.6 Å². The molecule has 3 N–H and O–H groups in total. The number of carbonyl (C=O) groups is 1. The van der Waals surface area contributed by atoms with Crippen LogP contribution in [0.3, 0.4) is 0 Å². The van der Waals surface area contributed by atoms with Gasteiger partial charge in [0.25, 0.3) is 0 Å². The second kappa shape index (κ2) is 5.12. The monoisotopic (exact) mass is 225 g/mol. The molecule has 0 spiro atoms. The summed E-state index contributed by atoms with van der Waals surface area (Å²) < 4.78 is 5.12. The van der Waals surface area contributed by atoms with Gasteiger partial charge in [-0.15, -0.1) is 0 Å². The maximum atomic E-state index is 11.5. The lowest BCUT2D eigenvalue weighted by Gasteiger charge is -2.19. The van der Waals surface area contributed by atoms with Crippen LogP contribution < -0.4 is 5.73 Å². The minimum Gasteiger partial charge on any atom is -0.464 e. The van der Waals surface area contributed by atoms with E-state index in [9.17, 15) is 4.79 Å². The molecule has 5 heteroatoms. The average molecular weight is 225 g/mol. The van der Waals surface area contributed by atoms with Gasteiger partial charge in [-0.3, -0.25) is 4.79 Å². The highest BCUT2D eigenvalue weighted by molar-refractivity contribution is 5.75. The van der Waals surface area contributed by atoms with E-state index in [1.807, 2.05) is 20.8 Å². The molecule has 0 aromatic carbocycles. The van der Waals surface area contributed by atoms with Crippen molar-refractivity contribution >= 4 is 5.97 Å². The maximum Gasteiger partial charge on any atom is 0.323 e. The van der Waals surface area contributed by atoms with Crippen LogP contribution in [0.15, 0.2) is 12.5 Å². The van der Waals surface area contributed by atoms with Crippen LogP contribution in [0.5, 0.6) is 0 Å². The Kier molecular flexibility index (Phi) is 4.06. The van der Waals surface area contributed by atoms with Crippen LogP contribution >= 0.6 is 0 Å². The third-order valence-corrected chi connectivity index (χ3v) is 1.94. The molecule has 0 aliphatic heterocycles. The molecule has 0 radical (unpaired) electrons. The lowest BCUT2D eigenvalue weighted by atomic mass is 9.99. The molecule has 0 fully saturated rings. The Morgan fingerprint density at radius 1 is 1.62 bits per heavy atom. The van der Waals surface area contributed by atoms with Gasteiger partial charge in [0.05, 0.1) is 12.9 Å². The highest BCUT2D eigenvalue weighted by Gasteiger charge is 2.19. The second-order valence-electron chi connectivity index (χ2n) is 5.06. The molecular weight excluding hydrogens is 206 g/mol. The Morgan fingerprint density at radius 3 is 2.81 bits per heavy atom. The smallest absolute Gasteiger partial charge is 0.323 e. The highest BCUT2D eigenvalue weighted by atomic mass is 16.5. The predicted octanol–water partition coefficient (Wildman–Crippen LogP) is 0.869. The van der Waals surface area contributed by atoms with Crippen molar-refractivity contribution in [1.29, 1.82) is 0 Å². The van der Waals surface area contributed by atoms with Crippen molar-refractivity contribution in [1.82, 2.24) is 9.97 Å². The summed E-state index contributed by atoms with van der Waals surface area (Å²) in [4.78, 5) is 18.3. The summed E-state index contributed by atoms with van der Waals surface area (Å²) >= 11 is 0. The number of nitrogens with zero attached hydrogens (tertiary/aromatic N) is 1. The van der Waals surface area contributed by atoms with Gasteiger partial charge in [0, 0.05) is 18.3 Å². The summed E-state index contributed by atoms with van der Waals surface area (Å²) in [5.41, 5.74) is 6.51. The van der Waals surface area contributed by atoms with Gasteiger partial charge in [0.15, 0.2) is 0 Å². The van der Waals surface area contributed by atoms with Crippen molar-refractivity contribution < 1.29 is 9.53 Å². The van der Waals surface area contributed by atoms with E-state index >= 15 is 0 Å². The number of H-pyrrole nitrogens is 1. The van der Waals surface area contributed by atoms with Crippen molar-refractivity contribution in [3.8, 4) is 0 Å². The summed E-state index contributed by atoms with van der Waals surface area (Å²) in [6.45, 7) is 6.38. The zero-order valence-corrected chi connectivity index (χ0v) is 9.99. The Morgan fingerprint density at radius 2 is 2.31 bits per heavy atom. The van der Waals surface area contributed by atoms with Gasteiger partial charge in [-0.05, 0) is 5.41 Å². The van der Waals surface area contributed by atoms with Gasteiger partial charge >= 0.3 is 5.97 Å². The predicted molar refractivity (Wildman–Crippen MR) is 60.7 cm³/mol. The maximum absolute atomic E-state index is 11.5. The largest absolute Gasteiger partial charge is 0.464 e. The molecule has 1 rings (SSSR count). The van der Waals surface area contributed by atoms with E-state index < -0.39 is 6.04 Å². The van der Waals surface area contributed by atoms with E-state index in [-0.39, 0.29) is 11.4 Å². The van der Waals surface area contributed by atoms with Gasteiger partial charge in [0.1, 0.15) is 6.04 Å². The van der Waals surface area contributed by atoms with Crippen molar-refractivity contribution in [3.63, 3.8) is 0 Å². The zero-order valence-electron chi connectivity index (χ0n) is 9.99. The van der Waals surface area contributed by atoms with Crippen molar-refractivity contribution in [2.24, 2.45) is 11.1 Å². The molecule has 0 saturated heterocycles. The van der Waals surface area contributed by atoms with Gasteiger partial charge in [-0.2, -0.15) is 0 Å². The van der Waals surface area contributed by atoms with E-state index in [2.05, 4.69) is 9.97 Å². The van der Waals surface area contributed by atoms with Gasteiger partial charge in [-0.25, -0.2) is 4.98 Å². The first kappa shape index (κ1) is 12.7. The van der Waals surface area contributed by atoms with Crippen LogP contribution in [-0.2, 0) is 16.0 Å². The molecule has 1 heterocycles. The Labute approximate surface area is 95.4 Å². The number of nitrogens with one attached hydrogen (secondary N) is 1. The number of hydrogen-bond donors (Lipinski definition) is 2. The molecule has 16 heavy (non-hydrogen) atoms. The van der Waals surface area contributed by atoms with E-state index in [4.69, 9.17) is 10.5 Å². The highest BCUT2D eigenvalue weighted by Crippen LogP contribution is 2.13. The Hall–Kier alpha value is -1.36. The first-order valence-corrected chi connectivity index (χ1v) is 5.28. The summed E-state index contributed by atoms with van der Waals surface area (Å²) in [5.74, 6) is -0.371. The van der Waals surface area contributed by atoms with Gasteiger partial charge in [0.2, 0.25) is 0 Å². The number of rotatable bonds is 4. The number of aromatic nitrogens is 2. The molecule has 5 nitrogen and oxygen atoms in total. The summed E-state index contributed by atoms with van der Waals surface area (Å²) in [6, 6.07) is -0.636. The van der Waals surface area contributed by atoms with Crippen LogP contribution in [0.2, 0.25) is 0 Å². The fraction of sp³-hybridized carbons (Fsp3) is 0.636. The first-order chi connectivity index (χ1) is 7.38.